The number of benzene rings is 1. The van der Waals surface area contributed by atoms with Crippen LogP contribution >= 0.6 is 11.8 Å². The highest BCUT2D eigenvalue weighted by Gasteiger charge is 2.06. The van der Waals surface area contributed by atoms with E-state index in [1.807, 2.05) is 0 Å². The zero-order valence-electron chi connectivity index (χ0n) is 10.6. The summed E-state index contributed by atoms with van der Waals surface area (Å²) in [7, 11) is 0. The summed E-state index contributed by atoms with van der Waals surface area (Å²) in [6, 6.07) is 7.01. The SMILES string of the molecule is Cc1cc(=O)[nH]c(SCC(=O)Nc2cccc(F)c2)n1. The van der Waals surface area contributed by atoms with E-state index in [1.165, 1.54) is 24.3 Å². The number of H-pyrrole nitrogens is 1. The Morgan fingerprint density at radius 1 is 1.45 bits per heavy atom. The number of amides is 1. The lowest BCUT2D eigenvalue weighted by molar-refractivity contribution is -0.113. The molecule has 0 aliphatic carbocycles. The molecule has 0 saturated heterocycles. The maximum Gasteiger partial charge on any atom is 0.251 e. The quantitative estimate of drug-likeness (QED) is 0.667. The summed E-state index contributed by atoms with van der Waals surface area (Å²) in [5.41, 5.74) is 0.716. The summed E-state index contributed by atoms with van der Waals surface area (Å²) in [6.45, 7) is 1.70. The number of aryl methyl sites for hydroxylation is 1. The number of nitrogens with one attached hydrogen (secondary N) is 2. The minimum absolute atomic E-state index is 0.0723. The third-order valence-electron chi connectivity index (χ3n) is 2.30. The van der Waals surface area contributed by atoms with Gasteiger partial charge in [0.15, 0.2) is 5.16 Å². The van der Waals surface area contributed by atoms with E-state index in [1.54, 1.807) is 13.0 Å². The van der Waals surface area contributed by atoms with Gasteiger partial charge in [-0.1, -0.05) is 17.8 Å². The molecule has 20 heavy (non-hydrogen) atoms. The van der Waals surface area contributed by atoms with Crippen LogP contribution in [0.25, 0.3) is 0 Å². The third kappa shape index (κ3) is 4.20. The molecule has 2 N–H and O–H groups in total. The van der Waals surface area contributed by atoms with Crippen molar-refractivity contribution in [2.24, 2.45) is 0 Å². The molecule has 0 unspecified atom stereocenters. The lowest BCUT2D eigenvalue weighted by Gasteiger charge is -2.05. The average molecular weight is 293 g/mol. The maximum absolute atomic E-state index is 13.0. The molecule has 1 aromatic heterocycles. The second-order valence-corrected chi connectivity index (χ2v) is 5.00. The van der Waals surface area contributed by atoms with Crippen molar-refractivity contribution in [3.8, 4) is 0 Å². The Balaban J connectivity index is 1.93. The molecule has 2 rings (SSSR count). The zero-order valence-corrected chi connectivity index (χ0v) is 11.5. The normalized spacial score (nSPS) is 10.3. The van der Waals surface area contributed by atoms with E-state index in [2.05, 4.69) is 15.3 Å². The van der Waals surface area contributed by atoms with Crippen LogP contribution in [0.15, 0.2) is 40.3 Å². The molecule has 0 bridgehead atoms. The van der Waals surface area contributed by atoms with E-state index >= 15 is 0 Å². The van der Waals surface area contributed by atoms with Crippen LogP contribution in [-0.2, 0) is 4.79 Å². The predicted molar refractivity (Wildman–Crippen MR) is 75.3 cm³/mol. The van der Waals surface area contributed by atoms with E-state index in [0.717, 1.165) is 11.8 Å². The van der Waals surface area contributed by atoms with Crippen molar-refractivity contribution in [2.45, 2.75) is 12.1 Å². The number of nitrogens with zero attached hydrogens (tertiary/aromatic N) is 1. The van der Waals surface area contributed by atoms with E-state index < -0.39 is 5.82 Å². The third-order valence-corrected chi connectivity index (χ3v) is 3.17. The number of carbonyl (C=O) groups is 1. The van der Waals surface area contributed by atoms with Gasteiger partial charge in [-0.3, -0.25) is 9.59 Å². The fraction of sp³-hybridized carbons (Fsp3) is 0.154. The minimum atomic E-state index is -0.417. The number of aromatic nitrogens is 2. The van der Waals surface area contributed by atoms with Crippen molar-refractivity contribution >= 4 is 23.4 Å². The van der Waals surface area contributed by atoms with Gasteiger partial charge >= 0.3 is 0 Å². The van der Waals surface area contributed by atoms with E-state index in [4.69, 9.17) is 0 Å². The largest absolute Gasteiger partial charge is 0.325 e. The van der Waals surface area contributed by atoms with Gasteiger partial charge in [-0.05, 0) is 25.1 Å². The monoisotopic (exact) mass is 293 g/mol. The fourth-order valence-electron chi connectivity index (χ4n) is 1.52. The van der Waals surface area contributed by atoms with Crippen molar-refractivity contribution in [1.82, 2.24) is 9.97 Å². The predicted octanol–water partition coefficient (Wildman–Crippen LogP) is 1.95. The van der Waals surface area contributed by atoms with Crippen LogP contribution in [0.3, 0.4) is 0 Å². The Kier molecular flexibility index (Phi) is 4.52. The maximum atomic E-state index is 13.0. The van der Waals surface area contributed by atoms with Crippen molar-refractivity contribution < 1.29 is 9.18 Å². The molecule has 0 atom stereocenters. The van der Waals surface area contributed by atoms with Gasteiger partial charge in [0.25, 0.3) is 5.56 Å². The number of hydrogen-bond acceptors (Lipinski definition) is 4. The van der Waals surface area contributed by atoms with Crippen LogP contribution in [0.2, 0.25) is 0 Å². The Morgan fingerprint density at radius 3 is 2.95 bits per heavy atom. The second kappa shape index (κ2) is 6.33. The summed E-state index contributed by atoms with van der Waals surface area (Å²) >= 11 is 1.11. The molecule has 1 amide bonds. The van der Waals surface area contributed by atoms with Gasteiger partial charge in [0.2, 0.25) is 5.91 Å². The first-order chi connectivity index (χ1) is 9.52. The number of aromatic amines is 1. The molecule has 0 aliphatic rings. The molecule has 5 nitrogen and oxygen atoms in total. The van der Waals surface area contributed by atoms with Gasteiger partial charge < -0.3 is 10.3 Å². The van der Waals surface area contributed by atoms with Crippen molar-refractivity contribution in [3.05, 3.63) is 52.2 Å². The second-order valence-electron chi connectivity index (χ2n) is 4.04. The Bertz CT molecular complexity index is 687. The molecule has 0 fully saturated rings. The first-order valence-electron chi connectivity index (χ1n) is 5.79. The number of thioether (sulfide) groups is 1. The highest BCUT2D eigenvalue weighted by atomic mass is 32.2. The number of hydrogen-bond donors (Lipinski definition) is 2. The number of anilines is 1. The Hall–Kier alpha value is -2.15. The molecular formula is C13H12FN3O2S. The van der Waals surface area contributed by atoms with Gasteiger partial charge in [-0.15, -0.1) is 0 Å². The first-order valence-corrected chi connectivity index (χ1v) is 6.78. The van der Waals surface area contributed by atoms with Crippen molar-refractivity contribution in [3.63, 3.8) is 0 Å². The van der Waals surface area contributed by atoms with Gasteiger partial charge in [-0.2, -0.15) is 0 Å². The molecule has 1 aromatic carbocycles. The van der Waals surface area contributed by atoms with Gasteiger partial charge in [0.1, 0.15) is 5.82 Å². The number of rotatable bonds is 4. The van der Waals surface area contributed by atoms with Crippen LogP contribution < -0.4 is 10.9 Å². The molecule has 7 heteroatoms. The zero-order chi connectivity index (χ0) is 14.5. The van der Waals surface area contributed by atoms with Gasteiger partial charge in [0, 0.05) is 17.4 Å². The van der Waals surface area contributed by atoms with E-state index in [-0.39, 0.29) is 17.2 Å². The van der Waals surface area contributed by atoms with E-state index in [0.29, 0.717) is 16.5 Å². The molecule has 2 aromatic rings. The molecule has 0 saturated carbocycles. The molecule has 1 heterocycles. The lowest BCUT2D eigenvalue weighted by atomic mass is 10.3. The summed E-state index contributed by atoms with van der Waals surface area (Å²) < 4.78 is 13.0. The van der Waals surface area contributed by atoms with Crippen molar-refractivity contribution in [1.29, 1.82) is 0 Å². The minimum Gasteiger partial charge on any atom is -0.325 e. The fourth-order valence-corrected chi connectivity index (χ4v) is 2.24. The van der Waals surface area contributed by atoms with Crippen LogP contribution in [0, 0.1) is 12.7 Å². The first kappa shape index (κ1) is 14.3. The van der Waals surface area contributed by atoms with E-state index in [9.17, 15) is 14.0 Å². The highest BCUT2D eigenvalue weighted by molar-refractivity contribution is 7.99. The molecule has 0 radical (unpaired) electrons. The van der Waals surface area contributed by atoms with Gasteiger partial charge in [0.05, 0.1) is 5.75 Å². The average Bonchev–Trinajstić information content (AvgIpc) is 2.35. The number of halogens is 1. The highest BCUT2D eigenvalue weighted by Crippen LogP contribution is 2.13. The standard InChI is InChI=1S/C13H12FN3O2S/c1-8-5-11(18)17-13(15-8)20-7-12(19)16-10-4-2-3-9(14)6-10/h2-6H,7H2,1H3,(H,16,19)(H,15,17,18). The smallest absolute Gasteiger partial charge is 0.251 e. The Labute approximate surface area is 118 Å². The van der Waals surface area contributed by atoms with Crippen LogP contribution in [0.5, 0.6) is 0 Å². The van der Waals surface area contributed by atoms with Gasteiger partial charge in [-0.25, -0.2) is 9.37 Å². The Morgan fingerprint density at radius 2 is 2.25 bits per heavy atom. The lowest BCUT2D eigenvalue weighted by Crippen LogP contribution is -2.15. The molecule has 0 spiro atoms. The molecule has 0 aliphatic heterocycles. The van der Waals surface area contributed by atoms with Crippen LogP contribution in [-0.4, -0.2) is 21.6 Å². The topological polar surface area (TPSA) is 74.8 Å². The summed E-state index contributed by atoms with van der Waals surface area (Å²) in [5, 5.41) is 2.94. The van der Waals surface area contributed by atoms with Crippen LogP contribution in [0.4, 0.5) is 10.1 Å². The van der Waals surface area contributed by atoms with Crippen molar-refractivity contribution in [2.75, 3.05) is 11.1 Å². The summed E-state index contributed by atoms with van der Waals surface area (Å²) in [6.07, 6.45) is 0. The molecular weight excluding hydrogens is 281 g/mol. The summed E-state index contributed by atoms with van der Waals surface area (Å²) in [5.74, 6) is -0.645. The summed E-state index contributed by atoms with van der Waals surface area (Å²) in [4.78, 5) is 29.6. The number of carbonyl (C=O) groups excluding carboxylic acids is 1. The molecule has 104 valence electrons. The van der Waals surface area contributed by atoms with Crippen LogP contribution in [0.1, 0.15) is 5.69 Å².